The molecular formula is C31H26N2O4S2. The number of para-hydroxylation sites is 2. The van der Waals surface area contributed by atoms with Crippen molar-refractivity contribution in [1.29, 1.82) is 0 Å². The van der Waals surface area contributed by atoms with Crippen LogP contribution in [0.4, 0.5) is 11.4 Å². The molecule has 3 heterocycles. The number of fused-ring (bicyclic) bond motifs is 2. The summed E-state index contributed by atoms with van der Waals surface area (Å²) in [5.74, 6) is -3.18. The summed E-state index contributed by atoms with van der Waals surface area (Å²) in [7, 11) is 0. The molecule has 39 heavy (non-hydrogen) atoms. The van der Waals surface area contributed by atoms with Crippen molar-refractivity contribution in [3.8, 4) is 0 Å². The predicted octanol–water partition coefficient (Wildman–Crippen LogP) is 6.81. The van der Waals surface area contributed by atoms with Gasteiger partial charge in [0, 0.05) is 35.0 Å². The number of hydrogen-bond acceptors (Lipinski definition) is 8. The van der Waals surface area contributed by atoms with Crippen LogP contribution >= 0.6 is 23.5 Å². The first-order valence-electron chi connectivity index (χ1n) is 12.8. The second-order valence-electron chi connectivity index (χ2n) is 9.06. The molecule has 196 valence electrons. The number of hydrogen-bond donors (Lipinski definition) is 0. The van der Waals surface area contributed by atoms with Crippen molar-refractivity contribution >= 4 is 52.9 Å². The molecule has 0 N–H and O–H groups in total. The van der Waals surface area contributed by atoms with Crippen LogP contribution in [-0.2, 0) is 19.1 Å². The van der Waals surface area contributed by atoms with Gasteiger partial charge in [-0.3, -0.25) is 0 Å². The predicted molar refractivity (Wildman–Crippen MR) is 156 cm³/mol. The lowest BCUT2D eigenvalue weighted by atomic mass is 10.1. The highest BCUT2D eigenvalue weighted by Gasteiger charge is 2.46. The van der Waals surface area contributed by atoms with Gasteiger partial charge in [0.2, 0.25) is 0 Å². The van der Waals surface area contributed by atoms with Gasteiger partial charge in [-0.2, -0.15) is 0 Å². The molecule has 0 aromatic heterocycles. The average Bonchev–Trinajstić information content (AvgIpc) is 3.47. The normalized spacial score (nSPS) is 22.2. The van der Waals surface area contributed by atoms with Crippen molar-refractivity contribution in [2.45, 2.75) is 29.4 Å². The lowest BCUT2D eigenvalue weighted by Crippen LogP contribution is -2.45. The van der Waals surface area contributed by atoms with Crippen LogP contribution in [0.1, 0.15) is 19.4 Å². The Kier molecular flexibility index (Phi) is 6.74. The standard InChI is InChI=1S/C31H26N2O4S2/c1-3-32-23-14-8-10-16-25(23)38-27(32)19-31(20-28-33(4-2)24-15-9-11-17-26(24)39-28)36-29(34)22(30(35)37-31)18-21-12-6-5-7-13-21/h5-20H,3-4H2,1-2H3. The number of carbonyl (C=O) groups excluding carboxylic acids is 2. The minimum Gasteiger partial charge on any atom is -0.411 e. The highest BCUT2D eigenvalue weighted by atomic mass is 32.2. The lowest BCUT2D eigenvalue weighted by molar-refractivity contribution is -0.204. The van der Waals surface area contributed by atoms with Gasteiger partial charge in [-0.1, -0.05) is 78.1 Å². The van der Waals surface area contributed by atoms with E-state index in [0.717, 1.165) is 31.2 Å². The van der Waals surface area contributed by atoms with Gasteiger partial charge in [-0.15, -0.1) is 0 Å². The van der Waals surface area contributed by atoms with Crippen LogP contribution in [-0.4, -0.2) is 30.8 Å². The van der Waals surface area contributed by atoms with Crippen molar-refractivity contribution in [3.05, 3.63) is 112 Å². The summed E-state index contributed by atoms with van der Waals surface area (Å²) in [6.07, 6.45) is 5.01. The Morgan fingerprint density at radius 1 is 0.692 bits per heavy atom. The van der Waals surface area contributed by atoms with E-state index in [1.807, 2.05) is 54.6 Å². The number of cyclic esters (lactones) is 2. The summed E-state index contributed by atoms with van der Waals surface area (Å²) >= 11 is 3.12. The Morgan fingerprint density at radius 2 is 1.15 bits per heavy atom. The third kappa shape index (κ3) is 4.75. The van der Waals surface area contributed by atoms with E-state index < -0.39 is 17.7 Å². The molecule has 0 saturated carbocycles. The highest BCUT2D eigenvalue weighted by molar-refractivity contribution is 8.04. The van der Waals surface area contributed by atoms with E-state index in [1.165, 1.54) is 6.08 Å². The molecule has 0 amide bonds. The number of esters is 2. The molecule has 6 nitrogen and oxygen atoms in total. The van der Waals surface area contributed by atoms with E-state index >= 15 is 0 Å². The molecule has 0 unspecified atom stereocenters. The first-order valence-corrected chi connectivity index (χ1v) is 14.4. The van der Waals surface area contributed by atoms with Crippen LogP contribution in [0.5, 0.6) is 0 Å². The van der Waals surface area contributed by atoms with Gasteiger partial charge in [0.15, 0.2) is 0 Å². The maximum atomic E-state index is 13.4. The van der Waals surface area contributed by atoms with Gasteiger partial charge >= 0.3 is 17.7 Å². The molecule has 0 radical (unpaired) electrons. The molecule has 3 aliphatic heterocycles. The fourth-order valence-corrected chi connectivity index (χ4v) is 7.25. The molecule has 3 aromatic rings. The van der Waals surface area contributed by atoms with E-state index in [-0.39, 0.29) is 5.57 Å². The molecule has 0 bridgehead atoms. The molecule has 6 rings (SSSR count). The fraction of sp³-hybridized carbons (Fsp3) is 0.161. The van der Waals surface area contributed by atoms with Crippen molar-refractivity contribution in [2.75, 3.05) is 22.9 Å². The zero-order valence-corrected chi connectivity index (χ0v) is 23.1. The quantitative estimate of drug-likeness (QED) is 0.194. The molecule has 0 atom stereocenters. The number of nitrogens with zero attached hydrogens (tertiary/aromatic N) is 2. The molecule has 3 aliphatic rings. The largest absolute Gasteiger partial charge is 0.411 e. The van der Waals surface area contributed by atoms with Gasteiger partial charge in [0.1, 0.15) is 5.57 Å². The summed E-state index contributed by atoms with van der Waals surface area (Å²) in [5.41, 5.74) is 2.70. The van der Waals surface area contributed by atoms with Crippen LogP contribution in [0.3, 0.4) is 0 Å². The minimum atomic E-state index is -1.72. The van der Waals surface area contributed by atoms with Crippen LogP contribution in [0.2, 0.25) is 0 Å². The number of rotatable bonds is 5. The van der Waals surface area contributed by atoms with Gasteiger partial charge in [0.25, 0.3) is 0 Å². The zero-order chi connectivity index (χ0) is 27.0. The van der Waals surface area contributed by atoms with E-state index in [4.69, 9.17) is 9.47 Å². The van der Waals surface area contributed by atoms with Crippen LogP contribution < -0.4 is 9.80 Å². The summed E-state index contributed by atoms with van der Waals surface area (Å²) < 4.78 is 12.1. The van der Waals surface area contributed by atoms with Crippen LogP contribution in [0.25, 0.3) is 6.08 Å². The van der Waals surface area contributed by atoms with E-state index in [9.17, 15) is 9.59 Å². The number of thioether (sulfide) groups is 2. The van der Waals surface area contributed by atoms with Gasteiger partial charge < -0.3 is 19.3 Å². The van der Waals surface area contributed by atoms with Gasteiger partial charge in [0.05, 0.1) is 21.4 Å². The zero-order valence-electron chi connectivity index (χ0n) is 21.5. The van der Waals surface area contributed by atoms with E-state index in [1.54, 1.807) is 35.7 Å². The number of anilines is 2. The second-order valence-corrected chi connectivity index (χ2v) is 11.2. The van der Waals surface area contributed by atoms with Crippen LogP contribution in [0.15, 0.2) is 116 Å². The number of benzene rings is 3. The first-order chi connectivity index (χ1) is 19.0. The Bertz CT molecular complexity index is 1450. The third-order valence-corrected chi connectivity index (χ3v) is 8.83. The lowest BCUT2D eigenvalue weighted by Gasteiger charge is -2.34. The first kappa shape index (κ1) is 25.4. The Morgan fingerprint density at radius 3 is 1.64 bits per heavy atom. The number of carbonyl (C=O) groups is 2. The highest BCUT2D eigenvalue weighted by Crippen LogP contribution is 2.49. The molecule has 3 aromatic carbocycles. The Hall–Kier alpha value is -3.88. The SMILES string of the molecule is CCN1C(=CC2(C=C3Sc4ccccc4N3CC)OC(=O)C(=Cc3ccccc3)C(=O)O2)Sc2ccccc21. The molecule has 1 saturated heterocycles. The molecule has 1 fully saturated rings. The van der Waals surface area contributed by atoms with E-state index in [2.05, 4.69) is 47.9 Å². The van der Waals surface area contributed by atoms with Crippen molar-refractivity contribution in [1.82, 2.24) is 0 Å². The third-order valence-electron chi connectivity index (χ3n) is 6.61. The fourth-order valence-electron chi connectivity index (χ4n) is 4.81. The smallest absolute Gasteiger partial charge is 0.349 e. The minimum absolute atomic E-state index is 0.141. The summed E-state index contributed by atoms with van der Waals surface area (Å²) in [5, 5.41) is 1.66. The second kappa shape index (κ2) is 10.4. The maximum Gasteiger partial charge on any atom is 0.349 e. The molecule has 0 spiro atoms. The van der Waals surface area contributed by atoms with Gasteiger partial charge in [-0.05, 0) is 49.8 Å². The van der Waals surface area contributed by atoms with E-state index in [0.29, 0.717) is 18.7 Å². The Labute approximate surface area is 236 Å². The maximum absolute atomic E-state index is 13.4. The molecule has 8 heteroatoms. The van der Waals surface area contributed by atoms with Crippen molar-refractivity contribution in [3.63, 3.8) is 0 Å². The monoisotopic (exact) mass is 554 g/mol. The summed E-state index contributed by atoms with van der Waals surface area (Å²) in [4.78, 5) is 33.3. The average molecular weight is 555 g/mol. The Balaban J connectivity index is 1.44. The van der Waals surface area contributed by atoms with Crippen molar-refractivity contribution < 1.29 is 19.1 Å². The summed E-state index contributed by atoms with van der Waals surface area (Å²) in [6, 6.07) is 25.4. The molecule has 0 aliphatic carbocycles. The number of ether oxygens (including phenoxy) is 2. The van der Waals surface area contributed by atoms with Crippen LogP contribution in [0, 0.1) is 0 Å². The van der Waals surface area contributed by atoms with Gasteiger partial charge in [-0.25, -0.2) is 9.59 Å². The topological polar surface area (TPSA) is 59.1 Å². The summed E-state index contributed by atoms with van der Waals surface area (Å²) in [6.45, 7) is 5.52. The van der Waals surface area contributed by atoms with Crippen molar-refractivity contribution in [2.24, 2.45) is 0 Å². The molecular weight excluding hydrogens is 528 g/mol.